The van der Waals surface area contributed by atoms with Gasteiger partial charge in [-0.3, -0.25) is 19.3 Å². The summed E-state index contributed by atoms with van der Waals surface area (Å²) >= 11 is 0. The smallest absolute Gasteiger partial charge is 0.284 e. The fourth-order valence-electron chi connectivity index (χ4n) is 3.69. The quantitative estimate of drug-likeness (QED) is 0.674. The molecule has 0 bridgehead atoms. The van der Waals surface area contributed by atoms with Gasteiger partial charge in [-0.15, -0.1) is 0 Å². The lowest BCUT2D eigenvalue weighted by molar-refractivity contribution is 0.0925. The van der Waals surface area contributed by atoms with E-state index in [4.69, 9.17) is 0 Å². The summed E-state index contributed by atoms with van der Waals surface area (Å²) < 4.78 is 28.3. The minimum atomic E-state index is -2.69. The molecule has 162 valence electrons. The molecule has 0 aromatic carbocycles. The third-order valence-corrected chi connectivity index (χ3v) is 5.34. The predicted molar refractivity (Wildman–Crippen MR) is 109 cm³/mol. The van der Waals surface area contributed by atoms with Gasteiger partial charge in [0.1, 0.15) is 16.9 Å². The molecule has 8 nitrogen and oxygen atoms in total. The van der Waals surface area contributed by atoms with Crippen LogP contribution in [0.4, 0.5) is 8.78 Å². The Kier molecular flexibility index (Phi) is 5.88. The summed E-state index contributed by atoms with van der Waals surface area (Å²) in [5.74, 6) is -0.477. The molecule has 31 heavy (non-hydrogen) atoms. The topological polar surface area (TPSA) is 94.7 Å². The van der Waals surface area contributed by atoms with E-state index in [1.54, 1.807) is 13.2 Å². The molecule has 0 saturated heterocycles. The SMILES string of the molecule is Cn1cc(-n2nc(-c3ccc(C(F)F)nc3)cc(C(=O)NC3CCCCC3)c2=O)cn1. The van der Waals surface area contributed by atoms with Crippen molar-refractivity contribution in [3.8, 4) is 16.9 Å². The first-order valence-electron chi connectivity index (χ1n) is 10.1. The molecule has 4 rings (SSSR count). The highest BCUT2D eigenvalue weighted by Crippen LogP contribution is 2.22. The Hall–Kier alpha value is -3.43. The number of halogens is 2. The van der Waals surface area contributed by atoms with Crippen LogP contribution in [0.15, 0.2) is 41.6 Å². The Balaban J connectivity index is 1.76. The van der Waals surface area contributed by atoms with Gasteiger partial charge in [0.2, 0.25) is 0 Å². The lowest BCUT2D eigenvalue weighted by Gasteiger charge is -2.22. The molecule has 3 aromatic heterocycles. The molecular formula is C21H22F2N6O2. The molecule has 1 amide bonds. The lowest BCUT2D eigenvalue weighted by atomic mass is 9.95. The summed E-state index contributed by atoms with van der Waals surface area (Å²) in [4.78, 5) is 29.8. The van der Waals surface area contributed by atoms with Crippen molar-refractivity contribution in [2.75, 3.05) is 0 Å². The van der Waals surface area contributed by atoms with Gasteiger partial charge in [0, 0.05) is 24.8 Å². The largest absolute Gasteiger partial charge is 0.349 e. The van der Waals surface area contributed by atoms with Gasteiger partial charge in [0.25, 0.3) is 17.9 Å². The summed E-state index contributed by atoms with van der Waals surface area (Å²) in [5.41, 5.74) is 0.0525. The molecule has 1 N–H and O–H groups in total. The number of rotatable bonds is 5. The van der Waals surface area contributed by atoms with Crippen LogP contribution in [0.2, 0.25) is 0 Å². The van der Waals surface area contributed by atoms with Crippen molar-refractivity contribution >= 4 is 5.91 Å². The fraction of sp³-hybridized carbons (Fsp3) is 0.381. The predicted octanol–water partition coefficient (Wildman–Crippen LogP) is 3.03. The number of aromatic nitrogens is 5. The van der Waals surface area contributed by atoms with Crippen LogP contribution in [0.1, 0.15) is 54.6 Å². The summed E-state index contributed by atoms with van der Waals surface area (Å²) in [6.07, 6.45) is 6.58. The molecule has 0 spiro atoms. The number of carbonyl (C=O) groups is 1. The van der Waals surface area contributed by atoms with Crippen molar-refractivity contribution in [3.05, 3.63) is 58.4 Å². The molecule has 10 heteroatoms. The van der Waals surface area contributed by atoms with E-state index in [9.17, 15) is 18.4 Å². The highest BCUT2D eigenvalue weighted by molar-refractivity contribution is 5.95. The molecule has 0 unspecified atom stereocenters. The molecule has 1 aliphatic carbocycles. The number of amides is 1. The van der Waals surface area contributed by atoms with Gasteiger partial charge in [0.15, 0.2) is 0 Å². The third-order valence-electron chi connectivity index (χ3n) is 5.34. The second kappa shape index (κ2) is 8.75. The maximum atomic E-state index is 13.1. The Morgan fingerprint density at radius 2 is 1.97 bits per heavy atom. The van der Waals surface area contributed by atoms with E-state index in [0.29, 0.717) is 11.3 Å². The van der Waals surface area contributed by atoms with Crippen LogP contribution in [-0.2, 0) is 7.05 Å². The summed E-state index contributed by atoms with van der Waals surface area (Å²) in [5, 5.41) is 11.3. The van der Waals surface area contributed by atoms with Crippen LogP contribution < -0.4 is 10.9 Å². The van der Waals surface area contributed by atoms with E-state index < -0.39 is 17.9 Å². The van der Waals surface area contributed by atoms with Crippen LogP contribution >= 0.6 is 0 Å². The maximum Gasteiger partial charge on any atom is 0.284 e. The average Bonchev–Trinajstić information content (AvgIpc) is 3.20. The monoisotopic (exact) mass is 428 g/mol. The van der Waals surface area contributed by atoms with E-state index in [1.165, 1.54) is 35.3 Å². The van der Waals surface area contributed by atoms with Crippen LogP contribution in [0.3, 0.4) is 0 Å². The van der Waals surface area contributed by atoms with E-state index in [0.717, 1.165) is 36.8 Å². The van der Waals surface area contributed by atoms with Crippen LogP contribution in [-0.4, -0.2) is 36.5 Å². The molecule has 1 saturated carbocycles. The number of nitrogens with zero attached hydrogens (tertiary/aromatic N) is 5. The van der Waals surface area contributed by atoms with Gasteiger partial charge in [0.05, 0.1) is 18.1 Å². The standard InChI is InChI=1S/C21H22F2N6O2/c1-28-12-15(11-25-28)29-21(31)16(20(30)26-14-5-3-2-4-6-14)9-18(27-29)13-7-8-17(19(22)23)24-10-13/h7-12,14,19H,2-6H2,1H3,(H,26,30). The van der Waals surface area contributed by atoms with Crippen molar-refractivity contribution in [1.82, 2.24) is 29.9 Å². The minimum Gasteiger partial charge on any atom is -0.349 e. The fourth-order valence-corrected chi connectivity index (χ4v) is 3.69. The van der Waals surface area contributed by atoms with E-state index in [1.807, 2.05) is 0 Å². The van der Waals surface area contributed by atoms with Gasteiger partial charge < -0.3 is 5.32 Å². The molecule has 1 fully saturated rings. The van der Waals surface area contributed by atoms with E-state index in [2.05, 4.69) is 20.5 Å². The Morgan fingerprint density at radius 3 is 2.58 bits per heavy atom. The first-order chi connectivity index (χ1) is 14.9. The Morgan fingerprint density at radius 1 is 1.19 bits per heavy atom. The molecule has 1 aliphatic rings. The van der Waals surface area contributed by atoms with Crippen molar-refractivity contribution in [2.45, 2.75) is 44.6 Å². The zero-order valence-electron chi connectivity index (χ0n) is 17.0. The van der Waals surface area contributed by atoms with Gasteiger partial charge in [-0.05, 0) is 31.0 Å². The second-order valence-corrected chi connectivity index (χ2v) is 7.61. The molecule has 3 aromatic rings. The number of hydrogen-bond donors (Lipinski definition) is 1. The van der Waals surface area contributed by atoms with Crippen LogP contribution in [0, 0.1) is 0 Å². The van der Waals surface area contributed by atoms with E-state index in [-0.39, 0.29) is 23.0 Å². The van der Waals surface area contributed by atoms with Gasteiger partial charge in [-0.2, -0.15) is 14.9 Å². The van der Waals surface area contributed by atoms with Crippen LogP contribution in [0.5, 0.6) is 0 Å². The first kappa shape index (κ1) is 20.8. The minimum absolute atomic E-state index is 0.0242. The zero-order chi connectivity index (χ0) is 22.0. The lowest BCUT2D eigenvalue weighted by Crippen LogP contribution is -2.40. The van der Waals surface area contributed by atoms with Gasteiger partial charge in [-0.25, -0.2) is 8.78 Å². The van der Waals surface area contributed by atoms with Gasteiger partial charge in [-0.1, -0.05) is 19.3 Å². The zero-order valence-corrected chi connectivity index (χ0v) is 17.0. The third kappa shape index (κ3) is 4.52. The molecule has 0 aliphatic heterocycles. The van der Waals surface area contributed by atoms with E-state index >= 15 is 0 Å². The number of carbonyl (C=O) groups excluding carboxylic acids is 1. The van der Waals surface area contributed by atoms with Crippen molar-refractivity contribution in [1.29, 1.82) is 0 Å². The number of nitrogens with one attached hydrogen (secondary N) is 1. The average molecular weight is 428 g/mol. The van der Waals surface area contributed by atoms with Crippen molar-refractivity contribution in [2.24, 2.45) is 7.05 Å². The summed E-state index contributed by atoms with van der Waals surface area (Å²) in [7, 11) is 1.70. The molecule has 0 radical (unpaired) electrons. The Labute approximate surface area is 176 Å². The summed E-state index contributed by atoms with van der Waals surface area (Å²) in [6, 6.07) is 4.05. The number of pyridine rings is 1. The van der Waals surface area contributed by atoms with Crippen molar-refractivity contribution < 1.29 is 13.6 Å². The highest BCUT2D eigenvalue weighted by atomic mass is 19.3. The summed E-state index contributed by atoms with van der Waals surface area (Å²) in [6.45, 7) is 0. The number of aryl methyl sites for hydroxylation is 1. The maximum absolute atomic E-state index is 13.1. The van der Waals surface area contributed by atoms with Gasteiger partial charge >= 0.3 is 0 Å². The number of alkyl halides is 2. The highest BCUT2D eigenvalue weighted by Gasteiger charge is 2.22. The molecule has 0 atom stereocenters. The second-order valence-electron chi connectivity index (χ2n) is 7.61. The number of hydrogen-bond acceptors (Lipinski definition) is 5. The van der Waals surface area contributed by atoms with Crippen molar-refractivity contribution in [3.63, 3.8) is 0 Å². The normalized spacial score (nSPS) is 14.7. The Bertz CT molecular complexity index is 1130. The van der Waals surface area contributed by atoms with Crippen LogP contribution in [0.25, 0.3) is 16.9 Å². The molecule has 3 heterocycles. The first-order valence-corrected chi connectivity index (χ1v) is 10.1. The molecular weight excluding hydrogens is 406 g/mol.